The summed E-state index contributed by atoms with van der Waals surface area (Å²) < 4.78 is 28.1. The van der Waals surface area contributed by atoms with Gasteiger partial charge < -0.3 is 5.32 Å². The van der Waals surface area contributed by atoms with E-state index in [-0.39, 0.29) is 12.0 Å². The van der Waals surface area contributed by atoms with Gasteiger partial charge in [0.05, 0.1) is 0 Å². The van der Waals surface area contributed by atoms with Crippen molar-refractivity contribution in [3.8, 4) is 0 Å². The van der Waals surface area contributed by atoms with E-state index in [2.05, 4.69) is 5.32 Å². The smallest absolute Gasteiger partial charge is 0.275 e. The van der Waals surface area contributed by atoms with Crippen LogP contribution in [0.5, 0.6) is 0 Å². The Morgan fingerprint density at radius 2 is 1.76 bits per heavy atom. The number of hydrogen-bond donors (Lipinski definition) is 1. The minimum atomic E-state index is -2.79. The highest BCUT2D eigenvalue weighted by Gasteiger charge is 2.32. The maximum atomic E-state index is 14.0. The van der Waals surface area contributed by atoms with Crippen LogP contribution in [0.15, 0.2) is 42.5 Å². The molecule has 0 bridgehead atoms. The van der Waals surface area contributed by atoms with Crippen LogP contribution in [-0.2, 0) is 5.92 Å². The van der Waals surface area contributed by atoms with Crippen molar-refractivity contribution in [2.24, 2.45) is 0 Å². The molecule has 0 aliphatic rings. The molecule has 0 atom stereocenters. The van der Waals surface area contributed by atoms with Gasteiger partial charge in [0.25, 0.3) is 5.92 Å². The number of rotatable bonds is 4. The second kappa shape index (κ2) is 4.80. The number of halogens is 2. The third-order valence-corrected chi connectivity index (χ3v) is 2.87. The van der Waals surface area contributed by atoms with Gasteiger partial charge in [0.15, 0.2) is 0 Å². The molecule has 0 saturated heterocycles. The molecule has 17 heavy (non-hydrogen) atoms. The number of nitrogens with one attached hydrogen (secondary N) is 1. The summed E-state index contributed by atoms with van der Waals surface area (Å²) in [5.74, 6) is -2.79. The summed E-state index contributed by atoms with van der Waals surface area (Å²) in [5, 5.41) is 4.25. The van der Waals surface area contributed by atoms with Gasteiger partial charge in [-0.1, -0.05) is 42.5 Å². The predicted octanol–water partition coefficient (Wildman–Crippen LogP) is 3.54. The van der Waals surface area contributed by atoms with Crippen LogP contribution in [-0.4, -0.2) is 13.6 Å². The van der Waals surface area contributed by atoms with E-state index in [1.54, 1.807) is 25.2 Å². The molecule has 0 spiro atoms. The van der Waals surface area contributed by atoms with Gasteiger partial charge in [-0.05, 0) is 17.8 Å². The average molecular weight is 235 g/mol. The number of benzene rings is 2. The molecule has 90 valence electrons. The molecular formula is C14H15F2N. The molecule has 0 aliphatic heterocycles. The van der Waals surface area contributed by atoms with Gasteiger partial charge in [0.2, 0.25) is 0 Å². The highest BCUT2D eigenvalue weighted by molar-refractivity contribution is 5.86. The van der Waals surface area contributed by atoms with Crippen LogP contribution in [0.3, 0.4) is 0 Å². The fourth-order valence-electron chi connectivity index (χ4n) is 1.96. The van der Waals surface area contributed by atoms with Crippen molar-refractivity contribution >= 4 is 10.8 Å². The molecule has 2 rings (SSSR count). The lowest BCUT2D eigenvalue weighted by atomic mass is 9.98. The molecule has 3 heteroatoms. The molecule has 0 amide bonds. The van der Waals surface area contributed by atoms with Crippen LogP contribution in [0.4, 0.5) is 8.78 Å². The van der Waals surface area contributed by atoms with Gasteiger partial charge in [-0.15, -0.1) is 0 Å². The Labute approximate surface area is 99.5 Å². The first-order valence-corrected chi connectivity index (χ1v) is 5.66. The normalized spacial score (nSPS) is 11.9. The third kappa shape index (κ3) is 2.44. The van der Waals surface area contributed by atoms with E-state index in [1.165, 1.54) is 6.07 Å². The van der Waals surface area contributed by atoms with E-state index in [0.717, 1.165) is 5.39 Å². The highest BCUT2D eigenvalue weighted by atomic mass is 19.3. The summed E-state index contributed by atoms with van der Waals surface area (Å²) in [7, 11) is 1.68. The first kappa shape index (κ1) is 12.0. The molecule has 0 saturated carbocycles. The standard InChI is InChI=1S/C14H15F2N/c1-17-10-9-14(15,16)13-8-4-6-11-5-2-3-7-12(11)13/h2-8,17H,9-10H2,1H3. The van der Waals surface area contributed by atoms with E-state index < -0.39 is 5.92 Å². The Kier molecular flexibility index (Phi) is 3.38. The molecule has 0 unspecified atom stereocenters. The fourth-order valence-corrected chi connectivity index (χ4v) is 1.96. The molecule has 2 aromatic rings. The second-order valence-corrected chi connectivity index (χ2v) is 4.08. The largest absolute Gasteiger partial charge is 0.320 e. The van der Waals surface area contributed by atoms with E-state index in [4.69, 9.17) is 0 Å². The van der Waals surface area contributed by atoms with Crippen molar-refractivity contribution in [3.05, 3.63) is 48.0 Å². The number of alkyl halides is 2. The minimum absolute atomic E-state index is 0.117. The maximum absolute atomic E-state index is 14.0. The van der Waals surface area contributed by atoms with E-state index in [1.807, 2.05) is 18.2 Å². The van der Waals surface area contributed by atoms with Crippen molar-refractivity contribution in [2.45, 2.75) is 12.3 Å². The Morgan fingerprint density at radius 1 is 1.06 bits per heavy atom. The zero-order chi connectivity index (χ0) is 12.3. The van der Waals surface area contributed by atoms with Crippen LogP contribution in [0.2, 0.25) is 0 Å². The predicted molar refractivity (Wildman–Crippen MR) is 66.4 cm³/mol. The first-order chi connectivity index (χ1) is 8.15. The van der Waals surface area contributed by atoms with E-state index >= 15 is 0 Å². The van der Waals surface area contributed by atoms with Crippen molar-refractivity contribution in [1.82, 2.24) is 5.32 Å². The molecule has 0 aromatic heterocycles. The lowest BCUT2D eigenvalue weighted by molar-refractivity contribution is -0.0108. The van der Waals surface area contributed by atoms with Gasteiger partial charge in [-0.2, -0.15) is 0 Å². The van der Waals surface area contributed by atoms with Crippen molar-refractivity contribution in [1.29, 1.82) is 0 Å². The molecule has 0 heterocycles. The van der Waals surface area contributed by atoms with Crippen LogP contribution in [0.1, 0.15) is 12.0 Å². The molecule has 2 aromatic carbocycles. The lowest BCUT2D eigenvalue weighted by Crippen LogP contribution is -2.21. The van der Waals surface area contributed by atoms with Crippen LogP contribution >= 0.6 is 0 Å². The van der Waals surface area contributed by atoms with Crippen molar-refractivity contribution in [2.75, 3.05) is 13.6 Å². The fraction of sp³-hybridized carbons (Fsp3) is 0.286. The highest BCUT2D eigenvalue weighted by Crippen LogP contribution is 2.35. The number of hydrogen-bond acceptors (Lipinski definition) is 1. The maximum Gasteiger partial charge on any atom is 0.275 e. The molecule has 1 N–H and O–H groups in total. The van der Waals surface area contributed by atoms with Gasteiger partial charge in [-0.3, -0.25) is 0 Å². The lowest BCUT2D eigenvalue weighted by Gasteiger charge is -2.18. The summed E-state index contributed by atoms with van der Waals surface area (Å²) in [6.45, 7) is 0.302. The quantitative estimate of drug-likeness (QED) is 0.854. The van der Waals surface area contributed by atoms with E-state index in [9.17, 15) is 8.78 Å². The summed E-state index contributed by atoms with van der Waals surface area (Å²) in [6.07, 6.45) is -0.183. The molecule has 0 fully saturated rings. The average Bonchev–Trinajstić information content (AvgIpc) is 2.36. The van der Waals surface area contributed by atoms with Gasteiger partial charge in [0, 0.05) is 18.5 Å². The SMILES string of the molecule is CNCCC(F)(F)c1cccc2ccccc12. The van der Waals surface area contributed by atoms with E-state index in [0.29, 0.717) is 11.9 Å². The Morgan fingerprint density at radius 3 is 2.53 bits per heavy atom. The van der Waals surface area contributed by atoms with Gasteiger partial charge >= 0.3 is 0 Å². The molecule has 0 radical (unpaired) electrons. The van der Waals surface area contributed by atoms with Crippen LogP contribution in [0, 0.1) is 0 Å². The van der Waals surface area contributed by atoms with Gasteiger partial charge in [-0.25, -0.2) is 8.78 Å². The number of fused-ring (bicyclic) bond motifs is 1. The Hall–Kier alpha value is -1.48. The van der Waals surface area contributed by atoms with Crippen molar-refractivity contribution in [3.63, 3.8) is 0 Å². The minimum Gasteiger partial charge on any atom is -0.320 e. The Balaban J connectivity index is 2.47. The van der Waals surface area contributed by atoms with Crippen LogP contribution < -0.4 is 5.32 Å². The zero-order valence-electron chi connectivity index (χ0n) is 9.71. The molecule has 1 nitrogen and oxygen atoms in total. The van der Waals surface area contributed by atoms with Crippen molar-refractivity contribution < 1.29 is 8.78 Å². The Bertz CT molecular complexity index is 503. The second-order valence-electron chi connectivity index (χ2n) is 4.08. The summed E-state index contributed by atoms with van der Waals surface area (Å²) in [5.41, 5.74) is 0.117. The summed E-state index contributed by atoms with van der Waals surface area (Å²) in [4.78, 5) is 0. The zero-order valence-corrected chi connectivity index (χ0v) is 9.71. The van der Waals surface area contributed by atoms with Gasteiger partial charge in [0.1, 0.15) is 0 Å². The summed E-state index contributed by atoms with van der Waals surface area (Å²) in [6, 6.07) is 12.3. The van der Waals surface area contributed by atoms with Crippen LogP contribution in [0.25, 0.3) is 10.8 Å². The molecular weight excluding hydrogens is 220 g/mol. The third-order valence-electron chi connectivity index (χ3n) is 2.87. The molecule has 0 aliphatic carbocycles. The first-order valence-electron chi connectivity index (χ1n) is 5.66. The summed E-state index contributed by atoms with van der Waals surface area (Å²) >= 11 is 0. The monoisotopic (exact) mass is 235 g/mol. The topological polar surface area (TPSA) is 12.0 Å².